The van der Waals surface area contributed by atoms with E-state index >= 15 is 0 Å². The van der Waals surface area contributed by atoms with Gasteiger partial charge in [-0.3, -0.25) is 9.59 Å². The number of esters is 1. The van der Waals surface area contributed by atoms with Crippen molar-refractivity contribution in [3.05, 3.63) is 71.8 Å². The number of ether oxygens (including phenoxy) is 2. The predicted molar refractivity (Wildman–Crippen MR) is 105 cm³/mol. The van der Waals surface area contributed by atoms with Crippen LogP contribution in [-0.4, -0.2) is 37.5 Å². The number of carbonyl (C=O) groups excluding carboxylic acids is 2. The zero-order valence-electron chi connectivity index (χ0n) is 15.9. The summed E-state index contributed by atoms with van der Waals surface area (Å²) in [6.07, 6.45) is 3.26. The van der Waals surface area contributed by atoms with Gasteiger partial charge in [-0.2, -0.15) is 0 Å². The van der Waals surface area contributed by atoms with E-state index in [1.54, 1.807) is 25.0 Å². The molecule has 142 valence electrons. The van der Waals surface area contributed by atoms with Gasteiger partial charge in [0.25, 0.3) is 0 Å². The lowest BCUT2D eigenvalue weighted by Gasteiger charge is -2.24. The summed E-state index contributed by atoms with van der Waals surface area (Å²) in [5, 5.41) is 0. The molecule has 1 atom stereocenters. The van der Waals surface area contributed by atoms with E-state index in [1.807, 2.05) is 54.6 Å². The van der Waals surface area contributed by atoms with Crippen LogP contribution in [0.1, 0.15) is 18.1 Å². The van der Waals surface area contributed by atoms with Gasteiger partial charge in [0, 0.05) is 19.2 Å². The summed E-state index contributed by atoms with van der Waals surface area (Å²) >= 11 is 0. The number of rotatable bonds is 8. The highest BCUT2D eigenvalue weighted by atomic mass is 16.5. The van der Waals surface area contributed by atoms with Crippen LogP contribution in [-0.2, 0) is 20.9 Å². The number of benzene rings is 2. The second-order valence-electron chi connectivity index (χ2n) is 6.24. The number of hydrogen-bond acceptors (Lipinski definition) is 4. The lowest BCUT2D eigenvalue weighted by molar-refractivity contribution is -0.146. The quantitative estimate of drug-likeness (QED) is 0.529. The van der Waals surface area contributed by atoms with E-state index in [0.29, 0.717) is 6.54 Å². The highest BCUT2D eigenvalue weighted by Crippen LogP contribution is 2.15. The first-order valence-electron chi connectivity index (χ1n) is 8.76. The first kappa shape index (κ1) is 20.2. The Kier molecular flexibility index (Phi) is 7.62. The van der Waals surface area contributed by atoms with Crippen molar-refractivity contribution >= 4 is 18.0 Å². The molecule has 0 aromatic heterocycles. The largest absolute Gasteiger partial charge is 0.497 e. The molecule has 2 rings (SSSR count). The van der Waals surface area contributed by atoms with Crippen LogP contribution in [0.25, 0.3) is 6.08 Å². The molecule has 0 aliphatic rings. The minimum atomic E-state index is -0.409. The molecule has 0 aliphatic carbocycles. The fourth-order valence-electron chi connectivity index (χ4n) is 2.66. The van der Waals surface area contributed by atoms with Gasteiger partial charge in [-0.15, -0.1) is 0 Å². The zero-order valence-corrected chi connectivity index (χ0v) is 15.9. The lowest BCUT2D eigenvalue weighted by Crippen LogP contribution is -2.35. The molecule has 0 saturated carbocycles. The molecule has 5 nitrogen and oxygen atoms in total. The predicted octanol–water partition coefficient (Wildman–Crippen LogP) is 3.55. The van der Waals surface area contributed by atoms with Gasteiger partial charge in [0.05, 0.1) is 20.1 Å². The Labute approximate surface area is 160 Å². The van der Waals surface area contributed by atoms with E-state index in [4.69, 9.17) is 9.47 Å². The normalized spacial score (nSPS) is 11.8. The van der Waals surface area contributed by atoms with Crippen LogP contribution in [0.5, 0.6) is 5.75 Å². The van der Waals surface area contributed by atoms with E-state index in [2.05, 4.69) is 0 Å². The van der Waals surface area contributed by atoms with Gasteiger partial charge in [0.1, 0.15) is 5.75 Å². The van der Waals surface area contributed by atoms with Crippen LogP contribution in [0.2, 0.25) is 0 Å². The molecule has 0 saturated heterocycles. The van der Waals surface area contributed by atoms with Crippen molar-refractivity contribution in [1.29, 1.82) is 0 Å². The van der Waals surface area contributed by atoms with E-state index in [0.717, 1.165) is 16.9 Å². The molecule has 0 aliphatic heterocycles. The molecule has 1 unspecified atom stereocenters. The first-order valence-corrected chi connectivity index (χ1v) is 8.76. The Bertz CT molecular complexity index is 786. The summed E-state index contributed by atoms with van der Waals surface area (Å²) in [4.78, 5) is 26.2. The van der Waals surface area contributed by atoms with Crippen molar-refractivity contribution in [1.82, 2.24) is 4.90 Å². The molecular weight excluding hydrogens is 342 g/mol. The van der Waals surface area contributed by atoms with Crippen LogP contribution >= 0.6 is 0 Å². The second kappa shape index (κ2) is 10.2. The van der Waals surface area contributed by atoms with Crippen molar-refractivity contribution in [2.24, 2.45) is 5.92 Å². The number of carbonyl (C=O) groups is 2. The van der Waals surface area contributed by atoms with E-state index in [1.165, 1.54) is 13.2 Å². The van der Waals surface area contributed by atoms with Gasteiger partial charge in [-0.05, 0) is 29.3 Å². The SMILES string of the molecule is COC(=O)C(C)CN(Cc1ccccc1)C(=O)/C=C/c1cccc(OC)c1. The van der Waals surface area contributed by atoms with Crippen LogP contribution in [0.15, 0.2) is 60.7 Å². The summed E-state index contributed by atoms with van der Waals surface area (Å²) in [5.41, 5.74) is 1.86. The van der Waals surface area contributed by atoms with Crippen LogP contribution < -0.4 is 4.74 Å². The van der Waals surface area contributed by atoms with Gasteiger partial charge in [0.15, 0.2) is 0 Å². The maximum absolute atomic E-state index is 12.8. The summed E-state index contributed by atoms with van der Waals surface area (Å²) in [6.45, 7) is 2.45. The minimum Gasteiger partial charge on any atom is -0.497 e. The second-order valence-corrected chi connectivity index (χ2v) is 6.24. The summed E-state index contributed by atoms with van der Waals surface area (Å²) in [7, 11) is 2.95. The monoisotopic (exact) mass is 367 g/mol. The third-order valence-electron chi connectivity index (χ3n) is 4.14. The Morgan fingerprint density at radius 3 is 2.48 bits per heavy atom. The van der Waals surface area contributed by atoms with E-state index in [9.17, 15) is 9.59 Å². The molecule has 1 amide bonds. The average molecular weight is 367 g/mol. The van der Waals surface area contributed by atoms with Crippen molar-refractivity contribution in [2.75, 3.05) is 20.8 Å². The van der Waals surface area contributed by atoms with Crippen molar-refractivity contribution in [3.8, 4) is 5.75 Å². The highest BCUT2D eigenvalue weighted by Gasteiger charge is 2.20. The fourth-order valence-corrected chi connectivity index (χ4v) is 2.66. The average Bonchev–Trinajstić information content (AvgIpc) is 2.71. The lowest BCUT2D eigenvalue weighted by atomic mass is 10.1. The fraction of sp³-hybridized carbons (Fsp3) is 0.273. The highest BCUT2D eigenvalue weighted by molar-refractivity contribution is 5.92. The summed E-state index contributed by atoms with van der Waals surface area (Å²) in [6, 6.07) is 17.1. The third-order valence-corrected chi connectivity index (χ3v) is 4.14. The number of amides is 1. The molecule has 0 spiro atoms. The Balaban J connectivity index is 2.15. The summed E-state index contributed by atoms with van der Waals surface area (Å²) in [5.74, 6) is -0.187. The van der Waals surface area contributed by atoms with Gasteiger partial charge < -0.3 is 14.4 Å². The molecule has 27 heavy (non-hydrogen) atoms. The number of nitrogens with zero attached hydrogens (tertiary/aromatic N) is 1. The molecule has 2 aromatic carbocycles. The van der Waals surface area contributed by atoms with Crippen molar-refractivity contribution in [2.45, 2.75) is 13.5 Å². The van der Waals surface area contributed by atoms with Gasteiger partial charge in [-0.25, -0.2) is 0 Å². The number of hydrogen-bond donors (Lipinski definition) is 0. The Morgan fingerprint density at radius 2 is 1.81 bits per heavy atom. The smallest absolute Gasteiger partial charge is 0.310 e. The molecule has 0 fully saturated rings. The summed E-state index contributed by atoms with van der Waals surface area (Å²) < 4.78 is 9.99. The molecule has 0 bridgehead atoms. The van der Waals surface area contributed by atoms with Crippen LogP contribution in [0, 0.1) is 5.92 Å². The maximum Gasteiger partial charge on any atom is 0.310 e. The maximum atomic E-state index is 12.8. The Hall–Kier alpha value is -3.08. The van der Waals surface area contributed by atoms with Crippen LogP contribution in [0.3, 0.4) is 0 Å². The molecule has 0 heterocycles. The Morgan fingerprint density at radius 1 is 1.07 bits per heavy atom. The topological polar surface area (TPSA) is 55.8 Å². The van der Waals surface area contributed by atoms with Crippen LogP contribution in [0.4, 0.5) is 0 Å². The van der Waals surface area contributed by atoms with Gasteiger partial charge >= 0.3 is 5.97 Å². The van der Waals surface area contributed by atoms with Gasteiger partial charge in [0.2, 0.25) is 5.91 Å². The zero-order chi connectivity index (χ0) is 19.6. The van der Waals surface area contributed by atoms with Crippen molar-refractivity contribution in [3.63, 3.8) is 0 Å². The molecule has 0 radical (unpaired) electrons. The number of methoxy groups -OCH3 is 2. The molecular formula is C22H25NO4. The first-order chi connectivity index (χ1) is 13.0. The molecule has 5 heteroatoms. The van der Waals surface area contributed by atoms with E-state index in [-0.39, 0.29) is 18.4 Å². The standard InChI is InChI=1S/C22H25NO4/c1-17(22(25)27-3)15-23(16-19-8-5-4-6-9-19)21(24)13-12-18-10-7-11-20(14-18)26-2/h4-14,17H,15-16H2,1-3H3/b13-12+. The third kappa shape index (κ3) is 6.29. The van der Waals surface area contributed by atoms with Crippen molar-refractivity contribution < 1.29 is 19.1 Å². The minimum absolute atomic E-state index is 0.169. The van der Waals surface area contributed by atoms with E-state index < -0.39 is 5.92 Å². The van der Waals surface area contributed by atoms with Gasteiger partial charge in [-0.1, -0.05) is 49.4 Å². The molecule has 2 aromatic rings. The molecule has 0 N–H and O–H groups in total.